The number of hydrogen-bond acceptors (Lipinski definition) is 8. The molecule has 0 spiro atoms. The van der Waals surface area contributed by atoms with Crippen molar-refractivity contribution in [2.24, 2.45) is 11.0 Å². The van der Waals surface area contributed by atoms with Crippen molar-refractivity contribution in [3.05, 3.63) is 109 Å². The van der Waals surface area contributed by atoms with E-state index in [4.69, 9.17) is 14.6 Å². The number of nitro groups is 2. The molecule has 1 fully saturated rings. The molecule has 1 heterocycles. The second kappa shape index (κ2) is 12.2. The summed E-state index contributed by atoms with van der Waals surface area (Å²) in [4.78, 5) is 35.5. The number of rotatable bonds is 9. The first kappa shape index (κ1) is 28.5. The number of fused-ring (bicyclic) bond motifs is 1. The van der Waals surface area contributed by atoms with Gasteiger partial charge >= 0.3 is 0 Å². The summed E-state index contributed by atoms with van der Waals surface area (Å²) in [6.45, 7) is 4.90. The Bertz CT molecular complexity index is 1530. The fourth-order valence-electron chi connectivity index (χ4n) is 5.52. The van der Waals surface area contributed by atoms with Crippen LogP contribution in [0, 0.1) is 26.1 Å². The molecule has 11 heteroatoms. The summed E-state index contributed by atoms with van der Waals surface area (Å²) < 4.78 is 11.2. The van der Waals surface area contributed by atoms with E-state index >= 15 is 0 Å². The Morgan fingerprint density at radius 3 is 2.05 bits per heavy atom. The van der Waals surface area contributed by atoms with E-state index < -0.39 is 33.2 Å². The molecule has 1 amide bonds. The Labute approximate surface area is 242 Å². The molecule has 11 nitrogen and oxygen atoms in total. The third-order valence-corrected chi connectivity index (χ3v) is 7.35. The summed E-state index contributed by atoms with van der Waals surface area (Å²) in [5.41, 5.74) is 2.29. The van der Waals surface area contributed by atoms with E-state index in [9.17, 15) is 25.0 Å². The average Bonchev–Trinajstić information content (AvgIpc) is 3.39. The number of ether oxygens (including phenoxy) is 2. The van der Waals surface area contributed by atoms with Gasteiger partial charge in [-0.15, -0.1) is 0 Å². The number of amides is 1. The molecule has 5 rings (SSSR count). The van der Waals surface area contributed by atoms with Crippen molar-refractivity contribution in [1.29, 1.82) is 0 Å². The molecule has 0 bridgehead atoms. The third-order valence-electron chi connectivity index (χ3n) is 7.35. The van der Waals surface area contributed by atoms with Crippen molar-refractivity contribution in [2.75, 3.05) is 13.2 Å². The lowest BCUT2D eigenvalue weighted by atomic mass is 9.77. The van der Waals surface area contributed by atoms with Gasteiger partial charge < -0.3 is 9.47 Å². The number of hydrogen-bond donors (Lipinski definition) is 0. The van der Waals surface area contributed by atoms with Crippen LogP contribution in [0.2, 0.25) is 0 Å². The smallest absolute Gasteiger partial charge is 0.277 e. The Morgan fingerprint density at radius 1 is 0.929 bits per heavy atom. The van der Waals surface area contributed by atoms with Crippen LogP contribution in [0.1, 0.15) is 60.6 Å². The molecule has 2 atom stereocenters. The zero-order valence-electron chi connectivity index (χ0n) is 23.3. The standard InChI is InChI=1S/C31H30N4O7/c1-3-41-26-12-8-20(9-13-26)16-22-6-5-7-28-29(22)32-33(30(28)21-10-14-27(15-11-21)42-4-2)31(36)23-17-24(34(37)38)19-25(18-23)35(39)40/h8-19,28,30H,3-7H2,1-2H3/b22-16+/t28-,30-/m0/s1. The molecule has 1 aliphatic carbocycles. The Morgan fingerprint density at radius 2 is 1.50 bits per heavy atom. The SMILES string of the molecule is CCOc1ccc(/C=C2\CCC[C@H]3C2=NN(C(=O)c2cc([N+](=O)[O-])cc([N+](=O)[O-])c2)[C@H]3c2ccc(OCC)cc2)cc1. The number of hydrazone groups is 1. The molecular weight excluding hydrogens is 540 g/mol. The quantitative estimate of drug-likeness (QED) is 0.205. The largest absolute Gasteiger partial charge is 0.494 e. The first-order valence-electron chi connectivity index (χ1n) is 13.8. The molecule has 0 radical (unpaired) electrons. The number of non-ortho nitro benzene ring substituents is 2. The number of nitrogens with zero attached hydrogens (tertiary/aromatic N) is 4. The molecule has 42 heavy (non-hydrogen) atoms. The van der Waals surface area contributed by atoms with Crippen LogP contribution < -0.4 is 9.47 Å². The summed E-state index contributed by atoms with van der Waals surface area (Å²) in [5, 5.41) is 29.2. The fourth-order valence-corrected chi connectivity index (χ4v) is 5.52. The van der Waals surface area contributed by atoms with E-state index in [0.717, 1.165) is 65.6 Å². The molecule has 3 aromatic rings. The van der Waals surface area contributed by atoms with Gasteiger partial charge in [-0.2, -0.15) is 5.10 Å². The van der Waals surface area contributed by atoms with Crippen molar-refractivity contribution < 1.29 is 24.1 Å². The van der Waals surface area contributed by atoms with Crippen molar-refractivity contribution in [2.45, 2.75) is 39.2 Å². The van der Waals surface area contributed by atoms with Gasteiger partial charge in [0.2, 0.25) is 0 Å². The van der Waals surface area contributed by atoms with Gasteiger partial charge in [-0.25, -0.2) is 5.01 Å². The topological polar surface area (TPSA) is 137 Å². The summed E-state index contributed by atoms with van der Waals surface area (Å²) in [7, 11) is 0. The monoisotopic (exact) mass is 570 g/mol. The molecule has 3 aromatic carbocycles. The summed E-state index contributed by atoms with van der Waals surface area (Å²) >= 11 is 0. The van der Waals surface area contributed by atoms with E-state index in [1.165, 1.54) is 5.01 Å². The first-order valence-corrected chi connectivity index (χ1v) is 13.8. The molecule has 0 aromatic heterocycles. The minimum Gasteiger partial charge on any atom is -0.494 e. The predicted molar refractivity (Wildman–Crippen MR) is 157 cm³/mol. The Hall–Kier alpha value is -5.06. The first-order chi connectivity index (χ1) is 20.3. The minimum absolute atomic E-state index is 0.136. The van der Waals surface area contributed by atoms with E-state index in [0.29, 0.717) is 19.0 Å². The molecule has 1 aliphatic heterocycles. The van der Waals surface area contributed by atoms with Crippen LogP contribution >= 0.6 is 0 Å². The summed E-state index contributed by atoms with van der Waals surface area (Å²) in [6.07, 6.45) is 4.48. The van der Waals surface area contributed by atoms with Crippen LogP contribution in [0.3, 0.4) is 0 Å². The average molecular weight is 571 g/mol. The van der Waals surface area contributed by atoms with Crippen LogP contribution in [0.4, 0.5) is 11.4 Å². The highest BCUT2D eigenvalue weighted by molar-refractivity contribution is 6.09. The highest BCUT2D eigenvalue weighted by Gasteiger charge is 2.44. The number of nitro benzene ring substituents is 2. The Balaban J connectivity index is 1.58. The summed E-state index contributed by atoms with van der Waals surface area (Å²) in [6, 6.07) is 17.6. The van der Waals surface area contributed by atoms with E-state index in [2.05, 4.69) is 6.08 Å². The lowest BCUT2D eigenvalue weighted by molar-refractivity contribution is -0.394. The molecular formula is C31H30N4O7. The number of carbonyl (C=O) groups excluding carboxylic acids is 1. The Kier molecular flexibility index (Phi) is 8.28. The van der Waals surface area contributed by atoms with Gasteiger partial charge in [-0.3, -0.25) is 25.0 Å². The van der Waals surface area contributed by atoms with Gasteiger partial charge in [0.05, 0.1) is 46.4 Å². The normalized spacial score (nSPS) is 18.8. The van der Waals surface area contributed by atoms with Gasteiger partial charge in [-0.1, -0.05) is 24.3 Å². The summed E-state index contributed by atoms with van der Waals surface area (Å²) in [5.74, 6) is 0.677. The van der Waals surface area contributed by atoms with E-state index in [-0.39, 0.29) is 11.5 Å². The van der Waals surface area contributed by atoms with Gasteiger partial charge in [0.25, 0.3) is 17.3 Å². The van der Waals surface area contributed by atoms with Gasteiger partial charge in [-0.05, 0) is 80.2 Å². The number of allylic oxidation sites excluding steroid dienone is 1. The van der Waals surface area contributed by atoms with Crippen LogP contribution in [-0.4, -0.2) is 39.7 Å². The number of benzene rings is 3. The maximum absolute atomic E-state index is 14.0. The van der Waals surface area contributed by atoms with Crippen LogP contribution in [-0.2, 0) is 0 Å². The predicted octanol–water partition coefficient (Wildman–Crippen LogP) is 6.74. The highest BCUT2D eigenvalue weighted by atomic mass is 16.6. The second-order valence-corrected chi connectivity index (χ2v) is 10.0. The zero-order valence-corrected chi connectivity index (χ0v) is 23.3. The molecule has 0 N–H and O–H groups in total. The molecule has 216 valence electrons. The lowest BCUT2D eigenvalue weighted by Crippen LogP contribution is -2.32. The number of carbonyl (C=O) groups is 1. The highest BCUT2D eigenvalue weighted by Crippen LogP contribution is 2.45. The van der Waals surface area contributed by atoms with Gasteiger partial charge in [0.1, 0.15) is 11.5 Å². The van der Waals surface area contributed by atoms with Crippen molar-refractivity contribution >= 4 is 29.1 Å². The lowest BCUT2D eigenvalue weighted by Gasteiger charge is -2.29. The second-order valence-electron chi connectivity index (χ2n) is 10.0. The van der Waals surface area contributed by atoms with Crippen molar-refractivity contribution in [1.82, 2.24) is 5.01 Å². The maximum Gasteiger partial charge on any atom is 0.277 e. The molecule has 2 aliphatic rings. The minimum atomic E-state index is -0.749. The van der Waals surface area contributed by atoms with Crippen molar-refractivity contribution in [3.8, 4) is 11.5 Å². The zero-order chi connectivity index (χ0) is 29.8. The molecule has 0 saturated heterocycles. The fraction of sp³-hybridized carbons (Fsp3) is 0.290. The maximum atomic E-state index is 14.0. The van der Waals surface area contributed by atoms with Gasteiger partial charge in [0.15, 0.2) is 0 Å². The van der Waals surface area contributed by atoms with E-state index in [1.807, 2.05) is 62.4 Å². The molecule has 1 saturated carbocycles. The van der Waals surface area contributed by atoms with Crippen LogP contribution in [0.15, 0.2) is 77.4 Å². The third kappa shape index (κ3) is 5.85. The van der Waals surface area contributed by atoms with Gasteiger partial charge in [0, 0.05) is 18.1 Å². The molecule has 0 unspecified atom stereocenters. The van der Waals surface area contributed by atoms with Crippen LogP contribution in [0.5, 0.6) is 11.5 Å². The van der Waals surface area contributed by atoms with Crippen molar-refractivity contribution in [3.63, 3.8) is 0 Å². The van der Waals surface area contributed by atoms with E-state index in [1.54, 1.807) is 0 Å². The van der Waals surface area contributed by atoms with Crippen LogP contribution in [0.25, 0.3) is 6.08 Å².